The van der Waals surface area contributed by atoms with Crippen LogP contribution in [0.4, 0.5) is 0 Å². The Balaban J connectivity index is 1.96. The Morgan fingerprint density at radius 3 is 2.67 bits per heavy atom. The quantitative estimate of drug-likeness (QED) is 0.856. The molecule has 0 spiro atoms. The molecule has 0 radical (unpaired) electrons. The smallest absolute Gasteiger partial charge is 0.191 e. The van der Waals surface area contributed by atoms with E-state index in [9.17, 15) is 0 Å². The fourth-order valence-electron chi connectivity index (χ4n) is 1.16. The second kappa shape index (κ2) is 4.49. The summed E-state index contributed by atoms with van der Waals surface area (Å²) in [6, 6.07) is 7.66. The third kappa shape index (κ3) is 2.83. The van der Waals surface area contributed by atoms with Gasteiger partial charge in [0.2, 0.25) is 0 Å². The van der Waals surface area contributed by atoms with Gasteiger partial charge in [-0.15, -0.1) is 0 Å². The second-order valence-corrected chi connectivity index (χ2v) is 4.00. The van der Waals surface area contributed by atoms with Crippen LogP contribution in [0.15, 0.2) is 39.4 Å². The molecule has 1 heterocycles. The highest BCUT2D eigenvalue weighted by atomic mass is 79.9. The summed E-state index contributed by atoms with van der Waals surface area (Å²) >= 11 is 3.36. The summed E-state index contributed by atoms with van der Waals surface area (Å²) in [6.45, 7) is 2.21. The Kier molecular flexibility index (Phi) is 3.06. The van der Waals surface area contributed by atoms with Crippen molar-refractivity contribution < 1.29 is 9.15 Å². The zero-order valence-electron chi connectivity index (χ0n) is 8.24. The maximum absolute atomic E-state index is 5.51. The Bertz CT molecular complexity index is 436. The van der Waals surface area contributed by atoms with Crippen LogP contribution in [0.2, 0.25) is 0 Å². The van der Waals surface area contributed by atoms with Gasteiger partial charge in [0.05, 0.1) is 6.20 Å². The first kappa shape index (κ1) is 10.2. The molecule has 78 valence electrons. The van der Waals surface area contributed by atoms with E-state index >= 15 is 0 Å². The number of aromatic nitrogens is 1. The van der Waals surface area contributed by atoms with Crippen LogP contribution in [-0.4, -0.2) is 4.98 Å². The molecule has 0 saturated carbocycles. The van der Waals surface area contributed by atoms with Crippen molar-refractivity contribution in [3.8, 4) is 5.75 Å². The molecule has 0 aliphatic carbocycles. The summed E-state index contributed by atoms with van der Waals surface area (Å²) in [5, 5.41) is 0. The fourth-order valence-corrected chi connectivity index (χ4v) is 1.42. The minimum absolute atomic E-state index is 0.405. The minimum Gasteiger partial charge on any atom is -0.486 e. The highest BCUT2D eigenvalue weighted by Crippen LogP contribution is 2.17. The maximum Gasteiger partial charge on any atom is 0.191 e. The molecule has 4 heteroatoms. The zero-order valence-corrected chi connectivity index (χ0v) is 9.82. The lowest BCUT2D eigenvalue weighted by Crippen LogP contribution is -1.93. The molecule has 0 aliphatic rings. The first-order valence-corrected chi connectivity index (χ1v) is 5.33. The molecule has 0 amide bonds. The van der Waals surface area contributed by atoms with Gasteiger partial charge in [-0.2, -0.15) is 0 Å². The number of hydrogen-bond donors (Lipinski definition) is 0. The first-order valence-electron chi connectivity index (χ1n) is 4.54. The predicted molar refractivity (Wildman–Crippen MR) is 59.7 cm³/mol. The summed E-state index contributed by atoms with van der Waals surface area (Å²) in [4.78, 5) is 3.99. The van der Waals surface area contributed by atoms with Crippen molar-refractivity contribution in [2.75, 3.05) is 0 Å². The molecular formula is C11H10BrNO2. The zero-order chi connectivity index (χ0) is 10.7. The lowest BCUT2D eigenvalue weighted by molar-refractivity contribution is 0.267. The van der Waals surface area contributed by atoms with Crippen molar-refractivity contribution in [2.45, 2.75) is 13.5 Å². The van der Waals surface area contributed by atoms with Gasteiger partial charge in [0.15, 0.2) is 11.7 Å². The number of rotatable bonds is 3. The normalized spacial score (nSPS) is 10.3. The van der Waals surface area contributed by atoms with E-state index in [0.29, 0.717) is 12.5 Å². The summed E-state index contributed by atoms with van der Waals surface area (Å²) in [5.74, 6) is 2.20. The van der Waals surface area contributed by atoms with Gasteiger partial charge in [0.1, 0.15) is 12.4 Å². The van der Waals surface area contributed by atoms with Crippen LogP contribution in [0.3, 0.4) is 0 Å². The molecule has 2 rings (SSSR count). The Hall–Kier alpha value is -1.29. The number of halogens is 1. The van der Waals surface area contributed by atoms with Crippen LogP contribution in [-0.2, 0) is 6.61 Å². The van der Waals surface area contributed by atoms with E-state index in [1.807, 2.05) is 31.2 Å². The number of aryl methyl sites for hydroxylation is 1. The van der Waals surface area contributed by atoms with Gasteiger partial charge in [-0.1, -0.05) is 15.9 Å². The SMILES string of the molecule is Cc1ncc(COc2ccc(Br)cc2)o1. The number of ether oxygens (including phenoxy) is 1. The van der Waals surface area contributed by atoms with Gasteiger partial charge in [-0.25, -0.2) is 4.98 Å². The molecule has 1 aromatic heterocycles. The second-order valence-electron chi connectivity index (χ2n) is 3.09. The highest BCUT2D eigenvalue weighted by Gasteiger charge is 2.00. The van der Waals surface area contributed by atoms with Crippen LogP contribution in [0.1, 0.15) is 11.7 Å². The van der Waals surface area contributed by atoms with Crippen molar-refractivity contribution in [1.82, 2.24) is 4.98 Å². The lowest BCUT2D eigenvalue weighted by atomic mass is 10.3. The minimum atomic E-state index is 0.405. The standard InChI is InChI=1S/C11H10BrNO2/c1-8-13-6-11(15-8)7-14-10-4-2-9(12)3-5-10/h2-6H,7H2,1H3. The van der Waals surface area contributed by atoms with E-state index in [1.54, 1.807) is 6.20 Å². The fraction of sp³-hybridized carbons (Fsp3) is 0.182. The molecule has 0 unspecified atom stereocenters. The van der Waals surface area contributed by atoms with E-state index in [2.05, 4.69) is 20.9 Å². The van der Waals surface area contributed by atoms with Crippen LogP contribution < -0.4 is 4.74 Å². The molecule has 0 aliphatic heterocycles. The Morgan fingerprint density at radius 1 is 1.33 bits per heavy atom. The number of hydrogen-bond acceptors (Lipinski definition) is 3. The van der Waals surface area contributed by atoms with Gasteiger partial charge < -0.3 is 9.15 Å². The predicted octanol–water partition coefficient (Wildman–Crippen LogP) is 3.32. The van der Waals surface area contributed by atoms with E-state index in [0.717, 1.165) is 16.0 Å². The Labute approximate surface area is 96.2 Å². The summed E-state index contributed by atoms with van der Waals surface area (Å²) in [7, 11) is 0. The molecule has 0 bridgehead atoms. The van der Waals surface area contributed by atoms with Crippen LogP contribution in [0.5, 0.6) is 5.75 Å². The van der Waals surface area contributed by atoms with Crippen LogP contribution in [0, 0.1) is 6.92 Å². The number of oxazole rings is 1. The van der Waals surface area contributed by atoms with E-state index < -0.39 is 0 Å². The molecule has 0 saturated heterocycles. The Morgan fingerprint density at radius 2 is 2.07 bits per heavy atom. The maximum atomic E-state index is 5.51. The lowest BCUT2D eigenvalue weighted by Gasteiger charge is -2.03. The third-order valence-corrected chi connectivity index (χ3v) is 2.39. The molecule has 0 atom stereocenters. The van der Waals surface area contributed by atoms with Crippen molar-refractivity contribution in [1.29, 1.82) is 0 Å². The highest BCUT2D eigenvalue weighted by molar-refractivity contribution is 9.10. The van der Waals surface area contributed by atoms with E-state index in [-0.39, 0.29) is 0 Å². The van der Waals surface area contributed by atoms with E-state index in [1.165, 1.54) is 0 Å². The van der Waals surface area contributed by atoms with E-state index in [4.69, 9.17) is 9.15 Å². The molecule has 15 heavy (non-hydrogen) atoms. The third-order valence-electron chi connectivity index (χ3n) is 1.86. The molecular weight excluding hydrogens is 258 g/mol. The largest absolute Gasteiger partial charge is 0.486 e. The average Bonchev–Trinajstić information content (AvgIpc) is 2.64. The molecule has 2 aromatic rings. The van der Waals surface area contributed by atoms with Crippen molar-refractivity contribution in [3.63, 3.8) is 0 Å². The van der Waals surface area contributed by atoms with Gasteiger partial charge in [0.25, 0.3) is 0 Å². The average molecular weight is 268 g/mol. The van der Waals surface area contributed by atoms with Crippen LogP contribution >= 0.6 is 15.9 Å². The van der Waals surface area contributed by atoms with Gasteiger partial charge in [0, 0.05) is 11.4 Å². The first-order chi connectivity index (χ1) is 7.24. The number of benzene rings is 1. The van der Waals surface area contributed by atoms with Gasteiger partial charge in [-0.05, 0) is 24.3 Å². The van der Waals surface area contributed by atoms with Crippen LogP contribution in [0.25, 0.3) is 0 Å². The van der Waals surface area contributed by atoms with Crippen molar-refractivity contribution in [3.05, 3.63) is 46.6 Å². The van der Waals surface area contributed by atoms with Gasteiger partial charge >= 0.3 is 0 Å². The number of nitrogens with zero attached hydrogens (tertiary/aromatic N) is 1. The molecule has 3 nitrogen and oxygen atoms in total. The monoisotopic (exact) mass is 267 g/mol. The summed E-state index contributed by atoms with van der Waals surface area (Å²) < 4.78 is 11.8. The van der Waals surface area contributed by atoms with Crippen molar-refractivity contribution in [2.24, 2.45) is 0 Å². The summed E-state index contributed by atoms with van der Waals surface area (Å²) in [5.41, 5.74) is 0. The van der Waals surface area contributed by atoms with Gasteiger partial charge in [-0.3, -0.25) is 0 Å². The molecule has 0 fully saturated rings. The molecule has 0 N–H and O–H groups in total. The summed E-state index contributed by atoms with van der Waals surface area (Å²) in [6.07, 6.45) is 1.67. The van der Waals surface area contributed by atoms with Crippen molar-refractivity contribution >= 4 is 15.9 Å². The molecule has 1 aromatic carbocycles. The topological polar surface area (TPSA) is 35.3 Å².